The number of ether oxygens (including phenoxy) is 2. The SMILES string of the molecule is COCCC(NC(=O)OCC1c2ccccc2-c2ccccc21)C(=O)NC[C@@H]1CCC[C@@H]1C(=O)O. The highest BCUT2D eigenvalue weighted by molar-refractivity contribution is 5.86. The van der Waals surface area contributed by atoms with Crippen molar-refractivity contribution < 1.29 is 29.0 Å². The van der Waals surface area contributed by atoms with Crippen LogP contribution in [-0.2, 0) is 19.1 Å². The van der Waals surface area contributed by atoms with Crippen molar-refractivity contribution in [1.82, 2.24) is 10.6 Å². The van der Waals surface area contributed by atoms with Crippen molar-refractivity contribution in [3.63, 3.8) is 0 Å². The average molecular weight is 481 g/mol. The van der Waals surface area contributed by atoms with Crippen LogP contribution in [0.15, 0.2) is 48.5 Å². The molecule has 35 heavy (non-hydrogen) atoms. The quantitative estimate of drug-likeness (QED) is 0.479. The van der Waals surface area contributed by atoms with Crippen LogP contribution in [0.3, 0.4) is 0 Å². The Morgan fingerprint density at radius 3 is 2.31 bits per heavy atom. The molecule has 0 bridgehead atoms. The summed E-state index contributed by atoms with van der Waals surface area (Å²) >= 11 is 0. The zero-order valence-electron chi connectivity index (χ0n) is 19.9. The predicted molar refractivity (Wildman–Crippen MR) is 130 cm³/mol. The number of alkyl carbamates (subject to hydrolysis) is 1. The van der Waals surface area contributed by atoms with Gasteiger partial charge in [-0.25, -0.2) is 4.79 Å². The fourth-order valence-corrected chi connectivity index (χ4v) is 5.25. The number of amides is 2. The number of hydrogen-bond donors (Lipinski definition) is 3. The van der Waals surface area contributed by atoms with Gasteiger partial charge in [-0.1, -0.05) is 55.0 Å². The average Bonchev–Trinajstić information content (AvgIpc) is 3.47. The molecule has 2 aromatic carbocycles. The molecule has 0 saturated heterocycles. The highest BCUT2D eigenvalue weighted by atomic mass is 16.5. The molecular formula is C27H32N2O6. The summed E-state index contributed by atoms with van der Waals surface area (Å²) in [7, 11) is 1.53. The molecule has 186 valence electrons. The van der Waals surface area contributed by atoms with Crippen LogP contribution >= 0.6 is 0 Å². The van der Waals surface area contributed by atoms with Crippen LogP contribution < -0.4 is 10.6 Å². The van der Waals surface area contributed by atoms with E-state index in [1.807, 2.05) is 36.4 Å². The monoisotopic (exact) mass is 480 g/mol. The first-order valence-corrected chi connectivity index (χ1v) is 12.1. The number of nitrogens with one attached hydrogen (secondary N) is 2. The van der Waals surface area contributed by atoms with E-state index in [0.29, 0.717) is 6.42 Å². The minimum atomic E-state index is -0.838. The molecule has 1 unspecified atom stereocenters. The van der Waals surface area contributed by atoms with Crippen molar-refractivity contribution in [3.8, 4) is 11.1 Å². The van der Waals surface area contributed by atoms with Crippen LogP contribution in [0.1, 0.15) is 42.7 Å². The van der Waals surface area contributed by atoms with E-state index in [-0.39, 0.29) is 43.9 Å². The Labute approximate surface area is 205 Å². The fraction of sp³-hybridized carbons (Fsp3) is 0.444. The van der Waals surface area contributed by atoms with Gasteiger partial charge in [0.15, 0.2) is 0 Å². The summed E-state index contributed by atoms with van der Waals surface area (Å²) in [5.74, 6) is -1.81. The van der Waals surface area contributed by atoms with E-state index in [4.69, 9.17) is 9.47 Å². The fourth-order valence-electron chi connectivity index (χ4n) is 5.25. The van der Waals surface area contributed by atoms with Gasteiger partial charge in [0.2, 0.25) is 5.91 Å². The molecule has 0 aromatic heterocycles. The van der Waals surface area contributed by atoms with Crippen LogP contribution in [0, 0.1) is 11.8 Å². The third kappa shape index (κ3) is 5.65. The molecule has 1 saturated carbocycles. The molecule has 8 nitrogen and oxygen atoms in total. The van der Waals surface area contributed by atoms with E-state index in [1.54, 1.807) is 0 Å². The Morgan fingerprint density at radius 1 is 1.03 bits per heavy atom. The lowest BCUT2D eigenvalue weighted by Crippen LogP contribution is -2.49. The van der Waals surface area contributed by atoms with Gasteiger partial charge in [-0.05, 0) is 41.0 Å². The lowest BCUT2D eigenvalue weighted by Gasteiger charge is -2.21. The third-order valence-corrected chi connectivity index (χ3v) is 7.08. The van der Waals surface area contributed by atoms with E-state index in [1.165, 1.54) is 7.11 Å². The summed E-state index contributed by atoms with van der Waals surface area (Å²) in [6, 6.07) is 15.3. The molecule has 0 heterocycles. The van der Waals surface area contributed by atoms with Crippen LogP contribution in [0.25, 0.3) is 11.1 Å². The molecule has 4 rings (SSSR count). The molecule has 8 heteroatoms. The molecule has 1 fully saturated rings. The molecule has 2 aliphatic rings. The number of methoxy groups -OCH3 is 1. The maximum absolute atomic E-state index is 12.8. The second-order valence-electron chi connectivity index (χ2n) is 9.18. The van der Waals surface area contributed by atoms with Crippen molar-refractivity contribution in [2.24, 2.45) is 11.8 Å². The summed E-state index contributed by atoms with van der Waals surface area (Å²) in [6.07, 6.45) is 1.83. The van der Waals surface area contributed by atoms with Crippen molar-refractivity contribution in [3.05, 3.63) is 59.7 Å². The number of carbonyl (C=O) groups is 3. The smallest absolute Gasteiger partial charge is 0.407 e. The van der Waals surface area contributed by atoms with Gasteiger partial charge >= 0.3 is 12.1 Å². The highest BCUT2D eigenvalue weighted by Gasteiger charge is 2.34. The minimum Gasteiger partial charge on any atom is -0.481 e. The number of rotatable bonds is 10. The van der Waals surface area contributed by atoms with Crippen LogP contribution in [0.2, 0.25) is 0 Å². The summed E-state index contributed by atoms with van der Waals surface area (Å²) in [5, 5.41) is 14.8. The van der Waals surface area contributed by atoms with E-state index in [9.17, 15) is 19.5 Å². The van der Waals surface area contributed by atoms with Gasteiger partial charge in [-0.3, -0.25) is 9.59 Å². The van der Waals surface area contributed by atoms with Gasteiger partial charge in [0.1, 0.15) is 12.6 Å². The number of benzene rings is 2. The number of aliphatic carboxylic acids is 1. The third-order valence-electron chi connectivity index (χ3n) is 7.08. The molecule has 3 atom stereocenters. The molecule has 2 aromatic rings. The Balaban J connectivity index is 1.35. The maximum Gasteiger partial charge on any atom is 0.407 e. The van der Waals surface area contributed by atoms with Gasteiger partial charge in [-0.2, -0.15) is 0 Å². The largest absolute Gasteiger partial charge is 0.481 e. The first-order valence-electron chi connectivity index (χ1n) is 12.1. The van der Waals surface area contributed by atoms with Crippen molar-refractivity contribution in [1.29, 1.82) is 0 Å². The summed E-state index contributed by atoms with van der Waals surface area (Å²) in [6.45, 7) is 0.704. The van der Waals surface area contributed by atoms with Crippen LogP contribution in [0.4, 0.5) is 4.79 Å². The molecule has 0 radical (unpaired) electrons. The zero-order valence-corrected chi connectivity index (χ0v) is 19.9. The van der Waals surface area contributed by atoms with Gasteiger partial charge in [0, 0.05) is 32.6 Å². The molecule has 0 aliphatic heterocycles. The first-order chi connectivity index (χ1) is 17.0. The van der Waals surface area contributed by atoms with Crippen molar-refractivity contribution in [2.45, 2.75) is 37.6 Å². The normalized spacial score (nSPS) is 19.5. The van der Waals surface area contributed by atoms with E-state index < -0.39 is 24.0 Å². The van der Waals surface area contributed by atoms with Gasteiger partial charge in [0.25, 0.3) is 0 Å². The standard InChI is InChI=1S/C27H32N2O6/c1-34-14-13-24(25(30)28-15-17-7-6-12-18(17)26(31)32)29-27(33)35-16-23-21-10-4-2-8-19(21)20-9-3-5-11-22(20)23/h2-5,8-11,17-18,23-24H,6-7,12-16H2,1H3,(H,28,30)(H,29,33)(H,31,32)/t17-,18-,24?/m0/s1. The molecular weight excluding hydrogens is 448 g/mol. The summed E-state index contributed by atoms with van der Waals surface area (Å²) in [4.78, 5) is 36.9. The molecule has 2 aliphatic carbocycles. The van der Waals surface area contributed by atoms with E-state index in [2.05, 4.69) is 22.8 Å². The van der Waals surface area contributed by atoms with E-state index in [0.717, 1.165) is 35.1 Å². The summed E-state index contributed by atoms with van der Waals surface area (Å²) in [5.41, 5.74) is 4.50. The number of carboxylic acids is 1. The van der Waals surface area contributed by atoms with E-state index >= 15 is 0 Å². The minimum absolute atomic E-state index is 0.0743. The van der Waals surface area contributed by atoms with Gasteiger partial charge in [0.05, 0.1) is 5.92 Å². The lowest BCUT2D eigenvalue weighted by molar-refractivity contribution is -0.143. The van der Waals surface area contributed by atoms with Gasteiger partial charge in [-0.15, -0.1) is 0 Å². The predicted octanol–water partition coefficient (Wildman–Crippen LogP) is 3.55. The topological polar surface area (TPSA) is 114 Å². The number of carbonyl (C=O) groups excluding carboxylic acids is 2. The number of hydrogen-bond acceptors (Lipinski definition) is 5. The van der Waals surface area contributed by atoms with Gasteiger partial charge < -0.3 is 25.2 Å². The van der Waals surface area contributed by atoms with Crippen LogP contribution in [-0.4, -0.2) is 56.0 Å². The Bertz CT molecular complexity index is 1030. The van der Waals surface area contributed by atoms with Crippen molar-refractivity contribution >= 4 is 18.0 Å². The molecule has 0 spiro atoms. The Hall–Kier alpha value is -3.39. The molecule has 3 N–H and O–H groups in total. The van der Waals surface area contributed by atoms with Crippen LogP contribution in [0.5, 0.6) is 0 Å². The maximum atomic E-state index is 12.8. The number of fused-ring (bicyclic) bond motifs is 3. The number of carboxylic acid groups (broad SMARTS) is 1. The lowest BCUT2D eigenvalue weighted by atomic mass is 9.96. The zero-order chi connectivity index (χ0) is 24.8. The molecule has 2 amide bonds. The van der Waals surface area contributed by atoms with Crippen molar-refractivity contribution in [2.75, 3.05) is 26.9 Å². The second kappa shape index (κ2) is 11.4. The Kier molecular flexibility index (Phi) is 8.02. The Morgan fingerprint density at radius 2 is 1.69 bits per heavy atom. The summed E-state index contributed by atoms with van der Waals surface area (Å²) < 4.78 is 10.7. The second-order valence-corrected chi connectivity index (χ2v) is 9.18. The highest BCUT2D eigenvalue weighted by Crippen LogP contribution is 2.44. The first kappa shape index (κ1) is 24.7.